The zero-order valence-electron chi connectivity index (χ0n) is 12.2. The molecule has 1 aliphatic heterocycles. The quantitative estimate of drug-likeness (QED) is 0.685. The first kappa shape index (κ1) is 12.3. The van der Waals surface area contributed by atoms with Crippen LogP contribution in [-0.4, -0.2) is 19.7 Å². The maximum atomic E-state index is 4.82. The Labute approximate surface area is 123 Å². The molecule has 104 valence electrons. The van der Waals surface area contributed by atoms with E-state index in [1.165, 1.54) is 11.1 Å². The monoisotopic (exact) mass is 276 g/mol. The van der Waals surface area contributed by atoms with Crippen LogP contribution < -0.4 is 0 Å². The highest BCUT2D eigenvalue weighted by atomic mass is 15.3. The molecule has 0 amide bonds. The number of aryl methyl sites for hydroxylation is 3. The number of hydrogen-bond acceptors (Lipinski definition) is 3. The van der Waals surface area contributed by atoms with Crippen molar-refractivity contribution in [2.45, 2.75) is 26.8 Å². The Morgan fingerprint density at radius 3 is 2.62 bits per heavy atom. The van der Waals surface area contributed by atoms with Crippen molar-refractivity contribution in [2.75, 3.05) is 0 Å². The molecule has 0 fully saturated rings. The van der Waals surface area contributed by atoms with Gasteiger partial charge in [-0.2, -0.15) is 5.10 Å². The summed E-state index contributed by atoms with van der Waals surface area (Å²) in [5.41, 5.74) is 6.74. The van der Waals surface area contributed by atoms with E-state index in [0.717, 1.165) is 41.4 Å². The highest BCUT2D eigenvalue weighted by Crippen LogP contribution is 2.30. The van der Waals surface area contributed by atoms with Gasteiger partial charge in [0.15, 0.2) is 5.82 Å². The second-order valence-electron chi connectivity index (χ2n) is 5.52. The summed E-state index contributed by atoms with van der Waals surface area (Å²) in [6.07, 6.45) is 2.79. The molecule has 3 heterocycles. The van der Waals surface area contributed by atoms with Crippen molar-refractivity contribution in [3.63, 3.8) is 0 Å². The molecule has 3 aromatic rings. The number of aromatic nitrogens is 4. The Balaban J connectivity index is 1.91. The molecule has 0 spiro atoms. The lowest BCUT2D eigenvalue weighted by Crippen LogP contribution is -2.15. The molecule has 0 N–H and O–H groups in total. The number of benzene rings is 1. The van der Waals surface area contributed by atoms with Crippen molar-refractivity contribution >= 4 is 0 Å². The third-order valence-electron chi connectivity index (χ3n) is 4.06. The van der Waals surface area contributed by atoms with Gasteiger partial charge in [0.1, 0.15) is 0 Å². The zero-order chi connectivity index (χ0) is 14.4. The van der Waals surface area contributed by atoms with Crippen LogP contribution >= 0.6 is 0 Å². The Bertz CT molecular complexity index is 815. The molecular formula is C17H16N4. The third-order valence-corrected chi connectivity index (χ3v) is 4.06. The second-order valence-corrected chi connectivity index (χ2v) is 5.52. The molecule has 1 aliphatic rings. The topological polar surface area (TPSA) is 43.6 Å². The summed E-state index contributed by atoms with van der Waals surface area (Å²) in [4.78, 5) is 9.52. The van der Waals surface area contributed by atoms with E-state index in [2.05, 4.69) is 43.2 Å². The zero-order valence-corrected chi connectivity index (χ0v) is 12.2. The first-order valence-electron chi connectivity index (χ1n) is 7.19. The van der Waals surface area contributed by atoms with Crippen LogP contribution in [0.15, 0.2) is 36.5 Å². The predicted octanol–water partition coefficient (Wildman–Crippen LogP) is 3.18. The maximum Gasteiger partial charge on any atom is 0.160 e. The molecular weight excluding hydrogens is 260 g/mol. The Kier molecular flexibility index (Phi) is 2.64. The summed E-state index contributed by atoms with van der Waals surface area (Å²) in [6.45, 7) is 5.06. The first-order chi connectivity index (χ1) is 10.2. The van der Waals surface area contributed by atoms with Gasteiger partial charge in [0.25, 0.3) is 0 Å². The van der Waals surface area contributed by atoms with Gasteiger partial charge in [0, 0.05) is 29.6 Å². The van der Waals surface area contributed by atoms with Gasteiger partial charge in [-0.15, -0.1) is 0 Å². The van der Waals surface area contributed by atoms with Crippen LogP contribution in [0.2, 0.25) is 0 Å². The maximum absolute atomic E-state index is 4.82. The Morgan fingerprint density at radius 2 is 1.81 bits per heavy atom. The highest BCUT2D eigenvalue weighted by molar-refractivity contribution is 5.66. The van der Waals surface area contributed by atoms with E-state index in [4.69, 9.17) is 9.97 Å². The summed E-state index contributed by atoms with van der Waals surface area (Å²) in [5, 5.41) is 4.36. The van der Waals surface area contributed by atoms with Gasteiger partial charge < -0.3 is 0 Å². The average molecular weight is 276 g/mol. The summed E-state index contributed by atoms with van der Waals surface area (Å²) in [7, 11) is 0. The van der Waals surface area contributed by atoms with Crippen LogP contribution in [0.25, 0.3) is 22.8 Å². The Hall–Kier alpha value is -2.49. The number of hydrogen-bond donors (Lipinski definition) is 0. The first-order valence-corrected chi connectivity index (χ1v) is 7.19. The van der Waals surface area contributed by atoms with Gasteiger partial charge in [0.2, 0.25) is 0 Å². The SMILES string of the molecule is Cc1ccc(-c2nc(C)c3c(n2)-c2ccnn2CC3)cc1. The lowest BCUT2D eigenvalue weighted by Gasteiger charge is -2.19. The minimum Gasteiger partial charge on any atom is -0.263 e. The largest absolute Gasteiger partial charge is 0.263 e. The van der Waals surface area contributed by atoms with E-state index < -0.39 is 0 Å². The molecule has 0 saturated carbocycles. The molecule has 0 bridgehead atoms. The molecule has 4 heteroatoms. The molecule has 1 aromatic carbocycles. The van der Waals surface area contributed by atoms with Gasteiger partial charge in [-0.3, -0.25) is 4.68 Å². The summed E-state index contributed by atoms with van der Waals surface area (Å²) < 4.78 is 2.02. The minimum absolute atomic E-state index is 0.793. The van der Waals surface area contributed by atoms with Crippen LogP contribution in [0.5, 0.6) is 0 Å². The lowest BCUT2D eigenvalue weighted by molar-refractivity contribution is 0.600. The standard InChI is InChI=1S/C17H16N4/c1-11-3-5-13(6-4-11)17-19-12(2)14-8-10-21-15(7-9-18-21)16(14)20-17/h3-7,9H,8,10H2,1-2H3. The van der Waals surface area contributed by atoms with Crippen molar-refractivity contribution in [1.29, 1.82) is 0 Å². The molecule has 4 nitrogen and oxygen atoms in total. The Morgan fingerprint density at radius 1 is 1.00 bits per heavy atom. The molecule has 2 aromatic heterocycles. The number of fused-ring (bicyclic) bond motifs is 3. The summed E-state index contributed by atoms with van der Waals surface area (Å²) >= 11 is 0. The van der Waals surface area contributed by atoms with E-state index in [1.807, 2.05) is 16.9 Å². The molecule has 0 unspecified atom stereocenters. The normalized spacial score (nSPS) is 12.9. The number of nitrogens with zero attached hydrogens (tertiary/aromatic N) is 4. The highest BCUT2D eigenvalue weighted by Gasteiger charge is 2.21. The molecule has 0 radical (unpaired) electrons. The molecule has 21 heavy (non-hydrogen) atoms. The fourth-order valence-electron chi connectivity index (χ4n) is 2.87. The molecule has 0 aliphatic carbocycles. The lowest BCUT2D eigenvalue weighted by atomic mass is 10.0. The van der Waals surface area contributed by atoms with E-state index in [0.29, 0.717) is 0 Å². The molecule has 0 atom stereocenters. The van der Waals surface area contributed by atoms with Crippen LogP contribution in [0.3, 0.4) is 0 Å². The smallest absolute Gasteiger partial charge is 0.160 e. The van der Waals surface area contributed by atoms with Crippen molar-refractivity contribution in [1.82, 2.24) is 19.7 Å². The molecule has 4 rings (SSSR count). The summed E-state index contributed by atoms with van der Waals surface area (Å²) in [6, 6.07) is 10.4. The number of rotatable bonds is 1. The van der Waals surface area contributed by atoms with Crippen LogP contribution in [0.1, 0.15) is 16.8 Å². The van der Waals surface area contributed by atoms with Gasteiger partial charge in [-0.1, -0.05) is 29.8 Å². The minimum atomic E-state index is 0.793. The fourth-order valence-corrected chi connectivity index (χ4v) is 2.87. The van der Waals surface area contributed by atoms with Crippen LogP contribution in [0, 0.1) is 13.8 Å². The van der Waals surface area contributed by atoms with Crippen molar-refractivity contribution < 1.29 is 0 Å². The van der Waals surface area contributed by atoms with Crippen LogP contribution in [0.4, 0.5) is 0 Å². The van der Waals surface area contributed by atoms with Gasteiger partial charge in [0.05, 0.1) is 11.4 Å². The van der Waals surface area contributed by atoms with E-state index in [1.54, 1.807) is 0 Å². The van der Waals surface area contributed by atoms with Crippen molar-refractivity contribution in [3.8, 4) is 22.8 Å². The van der Waals surface area contributed by atoms with Gasteiger partial charge >= 0.3 is 0 Å². The third kappa shape index (κ3) is 1.95. The van der Waals surface area contributed by atoms with Crippen molar-refractivity contribution in [2.24, 2.45) is 0 Å². The van der Waals surface area contributed by atoms with Crippen LogP contribution in [-0.2, 0) is 13.0 Å². The van der Waals surface area contributed by atoms with Gasteiger partial charge in [-0.05, 0) is 26.3 Å². The molecule has 0 saturated heterocycles. The van der Waals surface area contributed by atoms with E-state index in [9.17, 15) is 0 Å². The van der Waals surface area contributed by atoms with E-state index >= 15 is 0 Å². The van der Waals surface area contributed by atoms with E-state index in [-0.39, 0.29) is 0 Å². The predicted molar refractivity (Wildman–Crippen MR) is 81.9 cm³/mol. The average Bonchev–Trinajstić information content (AvgIpc) is 2.96. The van der Waals surface area contributed by atoms with Gasteiger partial charge in [-0.25, -0.2) is 9.97 Å². The summed E-state index contributed by atoms with van der Waals surface area (Å²) in [5.74, 6) is 0.793. The second kappa shape index (κ2) is 4.52. The van der Waals surface area contributed by atoms with Crippen molar-refractivity contribution in [3.05, 3.63) is 53.3 Å². The fraction of sp³-hybridized carbons (Fsp3) is 0.235.